The number of nitrogens with zero attached hydrogens (tertiary/aromatic N) is 2. The molecule has 1 saturated carbocycles. The van der Waals surface area contributed by atoms with Crippen molar-refractivity contribution in [1.82, 2.24) is 4.98 Å². The second-order valence-electron chi connectivity index (χ2n) is 7.83. The normalized spacial score (nSPS) is 16.8. The average molecular weight is 404 g/mol. The van der Waals surface area contributed by atoms with Crippen LogP contribution < -0.4 is 10.2 Å². The number of hydrogen-bond acceptors (Lipinski definition) is 3. The van der Waals surface area contributed by atoms with Crippen molar-refractivity contribution in [3.8, 4) is 0 Å². The monoisotopic (exact) mass is 403 g/mol. The number of pyridine rings is 1. The highest BCUT2D eigenvalue weighted by molar-refractivity contribution is 6.30. The van der Waals surface area contributed by atoms with E-state index in [1.165, 1.54) is 11.3 Å². The van der Waals surface area contributed by atoms with Crippen LogP contribution in [0.2, 0.25) is 5.02 Å². The van der Waals surface area contributed by atoms with Gasteiger partial charge in [0.05, 0.1) is 5.41 Å². The number of carbonyl (C=O) groups is 1. The van der Waals surface area contributed by atoms with Gasteiger partial charge in [-0.3, -0.25) is 4.79 Å². The van der Waals surface area contributed by atoms with Gasteiger partial charge in [-0.1, -0.05) is 36.2 Å². The highest BCUT2D eigenvalue weighted by Crippen LogP contribution is 2.46. The maximum atomic E-state index is 13.2. The number of benzene rings is 2. The summed E-state index contributed by atoms with van der Waals surface area (Å²) in [5.41, 5.74) is 3.95. The molecule has 2 heterocycles. The third-order valence-corrected chi connectivity index (χ3v) is 6.45. The highest BCUT2D eigenvalue weighted by atomic mass is 35.5. The van der Waals surface area contributed by atoms with Crippen LogP contribution in [0.3, 0.4) is 0 Å². The Balaban J connectivity index is 1.42. The van der Waals surface area contributed by atoms with Crippen molar-refractivity contribution < 1.29 is 4.79 Å². The van der Waals surface area contributed by atoms with Crippen molar-refractivity contribution in [2.24, 2.45) is 0 Å². The Morgan fingerprint density at radius 2 is 1.90 bits per heavy atom. The molecule has 5 rings (SSSR count). The molecule has 2 aliphatic rings. The zero-order valence-electron chi connectivity index (χ0n) is 16.1. The lowest BCUT2D eigenvalue weighted by Crippen LogP contribution is -2.46. The summed E-state index contributed by atoms with van der Waals surface area (Å²) in [6, 6.07) is 19.8. The molecule has 29 heavy (non-hydrogen) atoms. The van der Waals surface area contributed by atoms with E-state index in [9.17, 15) is 4.79 Å². The first kappa shape index (κ1) is 18.2. The molecular weight excluding hydrogens is 382 g/mol. The Hall–Kier alpha value is -2.85. The van der Waals surface area contributed by atoms with Gasteiger partial charge in [0.1, 0.15) is 5.82 Å². The summed E-state index contributed by atoms with van der Waals surface area (Å²) in [5.74, 6) is 1.04. The molecule has 0 spiro atoms. The number of carbonyl (C=O) groups excluding carboxylic acids is 1. The molecule has 0 radical (unpaired) electrons. The summed E-state index contributed by atoms with van der Waals surface area (Å²) in [6.07, 6.45) is 5.64. The lowest BCUT2D eigenvalue weighted by Gasteiger charge is -2.41. The molecule has 5 heteroatoms. The first-order valence-electron chi connectivity index (χ1n) is 10.0. The number of aromatic nitrogens is 1. The summed E-state index contributed by atoms with van der Waals surface area (Å²) < 4.78 is 0. The van der Waals surface area contributed by atoms with Crippen LogP contribution in [0.15, 0.2) is 66.9 Å². The molecule has 1 aromatic heterocycles. The van der Waals surface area contributed by atoms with Crippen LogP contribution in [0.25, 0.3) is 0 Å². The average Bonchev–Trinajstić information content (AvgIpc) is 3.13. The molecule has 4 nitrogen and oxygen atoms in total. The summed E-state index contributed by atoms with van der Waals surface area (Å²) >= 11 is 5.96. The largest absolute Gasteiger partial charge is 0.326 e. The fraction of sp³-hybridized carbons (Fsp3) is 0.250. The van der Waals surface area contributed by atoms with Crippen molar-refractivity contribution in [3.63, 3.8) is 0 Å². The molecule has 146 valence electrons. The molecule has 1 aliphatic heterocycles. The highest BCUT2D eigenvalue weighted by Gasteiger charge is 2.46. The minimum Gasteiger partial charge on any atom is -0.326 e. The van der Waals surface area contributed by atoms with Crippen molar-refractivity contribution in [3.05, 3.63) is 83.0 Å². The Morgan fingerprint density at radius 1 is 1.07 bits per heavy atom. The van der Waals surface area contributed by atoms with Crippen LogP contribution in [-0.2, 0) is 16.6 Å². The van der Waals surface area contributed by atoms with E-state index in [0.29, 0.717) is 5.02 Å². The van der Waals surface area contributed by atoms with Gasteiger partial charge in [0.15, 0.2) is 0 Å². The Bertz CT molecular complexity index is 1050. The Labute approximate surface area is 175 Å². The van der Waals surface area contributed by atoms with Crippen molar-refractivity contribution in [2.75, 3.05) is 16.8 Å². The summed E-state index contributed by atoms with van der Waals surface area (Å²) in [4.78, 5) is 20.0. The minimum atomic E-state index is -0.437. The van der Waals surface area contributed by atoms with Crippen molar-refractivity contribution in [1.29, 1.82) is 0 Å². The summed E-state index contributed by atoms with van der Waals surface area (Å²) in [6.45, 7) is 0.916. The third-order valence-electron chi connectivity index (χ3n) is 6.20. The van der Waals surface area contributed by atoms with Gasteiger partial charge in [-0.25, -0.2) is 4.98 Å². The predicted molar refractivity (Wildman–Crippen MR) is 117 cm³/mol. The standard InChI is InChI=1S/C24H22ClN3O/c25-19-6-8-20(9-7-19)27-23(29)24(12-3-13-24)18-5-10-21-17(16-18)11-15-28(21)22-4-1-2-14-26-22/h1-2,4-10,14,16H,3,11-13,15H2,(H,27,29). The van der Waals surface area contributed by atoms with E-state index in [1.54, 1.807) is 12.1 Å². The van der Waals surface area contributed by atoms with E-state index in [4.69, 9.17) is 11.6 Å². The van der Waals surface area contributed by atoms with Crippen molar-refractivity contribution >= 4 is 34.7 Å². The lowest BCUT2D eigenvalue weighted by atomic mass is 9.63. The van der Waals surface area contributed by atoms with Crippen LogP contribution >= 0.6 is 11.6 Å². The van der Waals surface area contributed by atoms with Gasteiger partial charge in [0, 0.05) is 29.1 Å². The fourth-order valence-corrected chi connectivity index (χ4v) is 4.54. The minimum absolute atomic E-state index is 0.0746. The van der Waals surface area contributed by atoms with Gasteiger partial charge in [0.25, 0.3) is 0 Å². The van der Waals surface area contributed by atoms with Crippen LogP contribution in [0.1, 0.15) is 30.4 Å². The topological polar surface area (TPSA) is 45.2 Å². The summed E-state index contributed by atoms with van der Waals surface area (Å²) in [5, 5.41) is 3.76. The zero-order valence-corrected chi connectivity index (χ0v) is 16.8. The van der Waals surface area contributed by atoms with Gasteiger partial charge in [-0.2, -0.15) is 0 Å². The zero-order chi connectivity index (χ0) is 19.8. The smallest absolute Gasteiger partial charge is 0.235 e. The SMILES string of the molecule is O=C(Nc1ccc(Cl)cc1)C1(c2ccc3c(c2)CCN3c2ccccn2)CCC1. The molecule has 0 saturated heterocycles. The van der Waals surface area contributed by atoms with Crippen LogP contribution in [0.5, 0.6) is 0 Å². The number of nitrogens with one attached hydrogen (secondary N) is 1. The molecule has 0 bridgehead atoms. The van der Waals surface area contributed by atoms with Gasteiger partial charge in [-0.05, 0) is 72.9 Å². The first-order chi connectivity index (χ1) is 14.2. The molecular formula is C24H22ClN3O. The number of rotatable bonds is 4. The number of halogens is 1. The number of fused-ring (bicyclic) bond motifs is 1. The van der Waals surface area contributed by atoms with Crippen molar-refractivity contribution in [2.45, 2.75) is 31.1 Å². The molecule has 1 N–H and O–H groups in total. The predicted octanol–water partition coefficient (Wildman–Crippen LogP) is 5.49. The second kappa shape index (κ2) is 7.20. The van der Waals surface area contributed by atoms with Crippen LogP contribution in [-0.4, -0.2) is 17.4 Å². The van der Waals surface area contributed by atoms with Crippen LogP contribution in [0.4, 0.5) is 17.2 Å². The number of anilines is 3. The van der Waals surface area contributed by atoms with E-state index in [0.717, 1.165) is 49.3 Å². The summed E-state index contributed by atoms with van der Waals surface area (Å²) in [7, 11) is 0. The maximum Gasteiger partial charge on any atom is 0.235 e. The third kappa shape index (κ3) is 3.18. The Kier molecular flexibility index (Phi) is 4.51. The number of hydrogen-bond donors (Lipinski definition) is 1. The molecule has 0 unspecified atom stereocenters. The molecule has 0 atom stereocenters. The maximum absolute atomic E-state index is 13.2. The van der Waals surface area contributed by atoms with E-state index in [2.05, 4.69) is 33.4 Å². The van der Waals surface area contributed by atoms with Gasteiger partial charge in [-0.15, -0.1) is 0 Å². The molecule has 2 aromatic carbocycles. The quantitative estimate of drug-likeness (QED) is 0.626. The fourth-order valence-electron chi connectivity index (χ4n) is 4.41. The van der Waals surface area contributed by atoms with Gasteiger partial charge < -0.3 is 10.2 Å². The molecule has 1 fully saturated rings. The Morgan fingerprint density at radius 3 is 2.59 bits per heavy atom. The second-order valence-corrected chi connectivity index (χ2v) is 8.27. The van der Waals surface area contributed by atoms with E-state index < -0.39 is 5.41 Å². The van der Waals surface area contributed by atoms with E-state index in [1.807, 2.05) is 36.5 Å². The molecule has 1 aliphatic carbocycles. The first-order valence-corrected chi connectivity index (χ1v) is 10.4. The van der Waals surface area contributed by atoms with Crippen LogP contribution in [0, 0.1) is 0 Å². The van der Waals surface area contributed by atoms with Gasteiger partial charge in [0.2, 0.25) is 5.91 Å². The molecule has 1 amide bonds. The number of amides is 1. The van der Waals surface area contributed by atoms with E-state index >= 15 is 0 Å². The van der Waals surface area contributed by atoms with E-state index in [-0.39, 0.29) is 5.91 Å². The molecule has 3 aromatic rings. The lowest BCUT2D eigenvalue weighted by molar-refractivity contribution is -0.124. The van der Waals surface area contributed by atoms with Gasteiger partial charge >= 0.3 is 0 Å².